The van der Waals surface area contributed by atoms with Crippen LogP contribution >= 0.6 is 0 Å². The van der Waals surface area contributed by atoms with Crippen molar-refractivity contribution in [1.29, 1.82) is 0 Å². The largest absolute Gasteiger partial charge is 0.508 e. The SMILES string of the molecule is CNC(Cc1ccc(O)cc1)Cc1ccc(C)c(C)c1. The van der Waals surface area contributed by atoms with Gasteiger partial charge in [-0.1, -0.05) is 30.3 Å². The fraction of sp³-hybridized carbons (Fsp3) is 0.333. The Balaban J connectivity index is 2.04. The predicted molar refractivity (Wildman–Crippen MR) is 84.3 cm³/mol. The minimum Gasteiger partial charge on any atom is -0.508 e. The standard InChI is InChI=1S/C18H23NO/c1-13-4-5-16(10-14(13)2)12-17(19-3)11-15-6-8-18(20)9-7-15/h4-10,17,19-20H,11-12H2,1-3H3. The zero-order chi connectivity index (χ0) is 14.5. The third-order valence-electron chi connectivity index (χ3n) is 3.88. The van der Waals surface area contributed by atoms with Gasteiger partial charge in [0.05, 0.1) is 0 Å². The van der Waals surface area contributed by atoms with Crippen LogP contribution in [0.2, 0.25) is 0 Å². The van der Waals surface area contributed by atoms with Crippen molar-refractivity contribution in [3.8, 4) is 5.75 Å². The van der Waals surface area contributed by atoms with Crippen molar-refractivity contribution < 1.29 is 5.11 Å². The van der Waals surface area contributed by atoms with E-state index in [4.69, 9.17) is 0 Å². The molecule has 20 heavy (non-hydrogen) atoms. The van der Waals surface area contributed by atoms with Gasteiger partial charge in [0.1, 0.15) is 5.75 Å². The molecule has 0 aliphatic heterocycles. The Morgan fingerprint density at radius 2 is 1.50 bits per heavy atom. The number of phenols is 1. The molecule has 0 saturated carbocycles. The lowest BCUT2D eigenvalue weighted by molar-refractivity contribution is 0.474. The molecule has 0 heterocycles. The van der Waals surface area contributed by atoms with Gasteiger partial charge in [-0.05, 0) is 68.1 Å². The van der Waals surface area contributed by atoms with E-state index in [1.54, 1.807) is 12.1 Å². The first-order valence-corrected chi connectivity index (χ1v) is 7.10. The van der Waals surface area contributed by atoms with Crippen LogP contribution in [0.15, 0.2) is 42.5 Å². The molecule has 2 rings (SSSR count). The second-order valence-corrected chi connectivity index (χ2v) is 5.48. The van der Waals surface area contributed by atoms with E-state index < -0.39 is 0 Å². The van der Waals surface area contributed by atoms with E-state index in [0.29, 0.717) is 11.8 Å². The molecule has 2 N–H and O–H groups in total. The van der Waals surface area contributed by atoms with Gasteiger partial charge in [0.25, 0.3) is 0 Å². The molecule has 2 heteroatoms. The first kappa shape index (κ1) is 14.6. The molecule has 2 nitrogen and oxygen atoms in total. The highest BCUT2D eigenvalue weighted by Crippen LogP contribution is 2.15. The molecule has 2 aromatic rings. The number of aryl methyl sites for hydroxylation is 2. The zero-order valence-corrected chi connectivity index (χ0v) is 12.5. The van der Waals surface area contributed by atoms with Gasteiger partial charge in [0.2, 0.25) is 0 Å². The normalized spacial score (nSPS) is 12.3. The maximum absolute atomic E-state index is 9.32. The summed E-state index contributed by atoms with van der Waals surface area (Å²) in [5, 5.41) is 12.7. The van der Waals surface area contributed by atoms with Gasteiger partial charge < -0.3 is 10.4 Å². The number of phenolic OH excluding ortho intramolecular Hbond substituents is 1. The monoisotopic (exact) mass is 269 g/mol. The Morgan fingerprint density at radius 1 is 0.900 bits per heavy atom. The van der Waals surface area contributed by atoms with Gasteiger partial charge in [-0.2, -0.15) is 0 Å². The highest BCUT2D eigenvalue weighted by Gasteiger charge is 2.09. The van der Waals surface area contributed by atoms with Crippen LogP contribution in [0.4, 0.5) is 0 Å². The summed E-state index contributed by atoms with van der Waals surface area (Å²) in [4.78, 5) is 0. The van der Waals surface area contributed by atoms with E-state index in [-0.39, 0.29) is 0 Å². The van der Waals surface area contributed by atoms with E-state index in [9.17, 15) is 5.11 Å². The summed E-state index contributed by atoms with van der Waals surface area (Å²) >= 11 is 0. The first-order chi connectivity index (χ1) is 9.58. The van der Waals surface area contributed by atoms with Gasteiger partial charge in [0, 0.05) is 6.04 Å². The summed E-state index contributed by atoms with van der Waals surface area (Å²) < 4.78 is 0. The molecule has 1 atom stereocenters. The highest BCUT2D eigenvalue weighted by atomic mass is 16.3. The summed E-state index contributed by atoms with van der Waals surface area (Å²) in [5.41, 5.74) is 5.30. The first-order valence-electron chi connectivity index (χ1n) is 7.10. The van der Waals surface area contributed by atoms with Crippen molar-refractivity contribution in [2.24, 2.45) is 0 Å². The zero-order valence-electron chi connectivity index (χ0n) is 12.5. The smallest absolute Gasteiger partial charge is 0.115 e. The van der Waals surface area contributed by atoms with Crippen LogP contribution in [-0.2, 0) is 12.8 Å². The number of nitrogens with one attached hydrogen (secondary N) is 1. The third kappa shape index (κ3) is 3.84. The summed E-state index contributed by atoms with van der Waals surface area (Å²) in [7, 11) is 2.01. The molecule has 0 aliphatic rings. The van der Waals surface area contributed by atoms with Crippen molar-refractivity contribution in [2.75, 3.05) is 7.05 Å². The molecule has 106 valence electrons. The predicted octanol–water partition coefficient (Wildman–Crippen LogP) is 3.38. The van der Waals surface area contributed by atoms with Crippen LogP contribution in [0.25, 0.3) is 0 Å². The van der Waals surface area contributed by atoms with Crippen molar-refractivity contribution in [2.45, 2.75) is 32.7 Å². The minimum atomic E-state index is 0.323. The quantitative estimate of drug-likeness (QED) is 0.872. The fourth-order valence-corrected chi connectivity index (χ4v) is 2.41. The molecule has 1 unspecified atom stereocenters. The van der Waals surface area contributed by atoms with Crippen molar-refractivity contribution >= 4 is 0 Å². The summed E-state index contributed by atoms with van der Waals surface area (Å²) in [6.45, 7) is 4.30. The highest BCUT2D eigenvalue weighted by molar-refractivity contribution is 5.31. The van der Waals surface area contributed by atoms with Crippen LogP contribution in [0.5, 0.6) is 5.75 Å². The summed E-state index contributed by atoms with van der Waals surface area (Å²) in [5.74, 6) is 0.323. The fourth-order valence-electron chi connectivity index (χ4n) is 2.41. The van der Waals surface area contributed by atoms with E-state index >= 15 is 0 Å². The van der Waals surface area contributed by atoms with Gasteiger partial charge >= 0.3 is 0 Å². The lowest BCUT2D eigenvalue weighted by Gasteiger charge is -2.17. The van der Waals surface area contributed by atoms with E-state index in [2.05, 4.69) is 37.4 Å². The number of hydrogen-bond donors (Lipinski definition) is 2. The maximum atomic E-state index is 9.32. The molecule has 0 radical (unpaired) electrons. The van der Waals surface area contributed by atoms with Crippen molar-refractivity contribution in [3.05, 3.63) is 64.7 Å². The number of benzene rings is 2. The molecule has 0 fully saturated rings. The van der Waals surface area contributed by atoms with E-state index in [1.165, 1.54) is 22.3 Å². The molecule has 0 saturated heterocycles. The molecule has 0 aliphatic carbocycles. The second-order valence-electron chi connectivity index (χ2n) is 5.48. The number of likely N-dealkylation sites (N-methyl/N-ethyl adjacent to an activating group) is 1. The summed E-state index contributed by atoms with van der Waals surface area (Å²) in [6.07, 6.45) is 1.97. The average molecular weight is 269 g/mol. The average Bonchev–Trinajstić information content (AvgIpc) is 2.44. The number of hydrogen-bond acceptors (Lipinski definition) is 2. The topological polar surface area (TPSA) is 32.3 Å². The number of rotatable bonds is 5. The van der Waals surface area contributed by atoms with E-state index in [0.717, 1.165) is 12.8 Å². The molecule has 0 amide bonds. The lowest BCUT2D eigenvalue weighted by Crippen LogP contribution is -2.29. The van der Waals surface area contributed by atoms with Crippen LogP contribution in [0, 0.1) is 13.8 Å². The molecular formula is C18H23NO. The molecule has 0 aromatic heterocycles. The second kappa shape index (κ2) is 6.58. The third-order valence-corrected chi connectivity index (χ3v) is 3.88. The Hall–Kier alpha value is -1.80. The van der Waals surface area contributed by atoms with Crippen LogP contribution in [0.3, 0.4) is 0 Å². The molecule has 0 spiro atoms. The van der Waals surface area contributed by atoms with Crippen molar-refractivity contribution in [3.63, 3.8) is 0 Å². The maximum Gasteiger partial charge on any atom is 0.115 e. The van der Waals surface area contributed by atoms with Crippen LogP contribution < -0.4 is 5.32 Å². The minimum absolute atomic E-state index is 0.323. The Labute approximate surface area is 121 Å². The Bertz CT molecular complexity index is 560. The van der Waals surface area contributed by atoms with E-state index in [1.807, 2.05) is 19.2 Å². The van der Waals surface area contributed by atoms with Gasteiger partial charge in [-0.3, -0.25) is 0 Å². The Kier molecular flexibility index (Phi) is 4.80. The molecule has 2 aromatic carbocycles. The Morgan fingerprint density at radius 3 is 2.10 bits per heavy atom. The van der Waals surface area contributed by atoms with Crippen LogP contribution in [0.1, 0.15) is 22.3 Å². The molecular weight excluding hydrogens is 246 g/mol. The van der Waals surface area contributed by atoms with Gasteiger partial charge in [-0.25, -0.2) is 0 Å². The van der Waals surface area contributed by atoms with Crippen LogP contribution in [-0.4, -0.2) is 18.2 Å². The summed E-state index contributed by atoms with van der Waals surface area (Å²) in [6, 6.07) is 14.6. The molecule has 0 bridgehead atoms. The van der Waals surface area contributed by atoms with Gasteiger partial charge in [-0.15, -0.1) is 0 Å². The lowest BCUT2D eigenvalue weighted by atomic mass is 9.97. The number of aromatic hydroxyl groups is 1. The van der Waals surface area contributed by atoms with Gasteiger partial charge in [0.15, 0.2) is 0 Å². The van der Waals surface area contributed by atoms with Crippen molar-refractivity contribution in [1.82, 2.24) is 5.32 Å².